The van der Waals surface area contributed by atoms with Gasteiger partial charge in [-0.05, 0) is 81.1 Å². The van der Waals surface area contributed by atoms with Crippen molar-refractivity contribution in [1.29, 1.82) is 0 Å². The minimum absolute atomic E-state index is 0.254. The second kappa shape index (κ2) is 9.18. The molecular formula is C32H32N2O2. The predicted octanol–water partition coefficient (Wildman–Crippen LogP) is 7.66. The Balaban J connectivity index is 1.35. The van der Waals surface area contributed by atoms with E-state index in [1.54, 1.807) is 0 Å². The Labute approximate surface area is 212 Å². The lowest BCUT2D eigenvalue weighted by molar-refractivity contribution is 0.0520. The van der Waals surface area contributed by atoms with Crippen molar-refractivity contribution in [3.05, 3.63) is 71.3 Å². The topological polar surface area (TPSA) is 49.4 Å². The SMILES string of the molecule is CCCCCCCCNN1C(=O)c2ccc3c4c(ccc(c24)C1=O)-c1cc2cc(CC)ccc2cc1-3. The molecular weight excluding hydrogens is 444 g/mol. The number of hydrogen-bond acceptors (Lipinski definition) is 3. The molecule has 0 aromatic heterocycles. The van der Waals surface area contributed by atoms with E-state index in [0.717, 1.165) is 41.2 Å². The van der Waals surface area contributed by atoms with Crippen molar-refractivity contribution in [2.75, 3.05) is 6.54 Å². The van der Waals surface area contributed by atoms with Crippen LogP contribution in [0.2, 0.25) is 0 Å². The van der Waals surface area contributed by atoms with Gasteiger partial charge in [-0.3, -0.25) is 9.59 Å². The highest BCUT2D eigenvalue weighted by atomic mass is 16.2. The lowest BCUT2D eigenvalue weighted by Crippen LogP contribution is -2.49. The summed E-state index contributed by atoms with van der Waals surface area (Å²) < 4.78 is 0. The van der Waals surface area contributed by atoms with E-state index >= 15 is 0 Å². The molecule has 0 spiro atoms. The molecule has 0 atom stereocenters. The molecule has 4 aromatic rings. The summed E-state index contributed by atoms with van der Waals surface area (Å²) in [7, 11) is 0. The van der Waals surface area contributed by atoms with E-state index < -0.39 is 0 Å². The third kappa shape index (κ3) is 3.55. The van der Waals surface area contributed by atoms with Crippen molar-refractivity contribution in [3.8, 4) is 22.3 Å². The smallest absolute Gasteiger partial charge is 0.267 e. The molecule has 0 radical (unpaired) electrons. The maximum Gasteiger partial charge on any atom is 0.275 e. The minimum Gasteiger partial charge on any atom is -0.267 e. The van der Waals surface area contributed by atoms with E-state index in [-0.39, 0.29) is 11.8 Å². The van der Waals surface area contributed by atoms with Crippen LogP contribution in [0.4, 0.5) is 0 Å². The molecule has 2 amide bonds. The first-order valence-electron chi connectivity index (χ1n) is 13.4. The van der Waals surface area contributed by atoms with Crippen LogP contribution >= 0.6 is 0 Å². The van der Waals surface area contributed by atoms with Gasteiger partial charge in [-0.1, -0.05) is 76.3 Å². The molecule has 6 rings (SSSR count). The van der Waals surface area contributed by atoms with Crippen LogP contribution in [0.3, 0.4) is 0 Å². The maximum absolute atomic E-state index is 13.4. The van der Waals surface area contributed by atoms with Gasteiger partial charge in [0.15, 0.2) is 0 Å². The summed E-state index contributed by atoms with van der Waals surface area (Å²) in [4.78, 5) is 26.9. The highest BCUT2D eigenvalue weighted by molar-refractivity contribution is 6.31. The quantitative estimate of drug-likeness (QED) is 0.175. The van der Waals surface area contributed by atoms with Crippen LogP contribution in [0.25, 0.3) is 43.8 Å². The van der Waals surface area contributed by atoms with E-state index in [4.69, 9.17) is 0 Å². The van der Waals surface area contributed by atoms with Crippen molar-refractivity contribution in [2.45, 2.75) is 58.8 Å². The Hall–Kier alpha value is -3.50. The zero-order valence-corrected chi connectivity index (χ0v) is 21.1. The van der Waals surface area contributed by atoms with E-state index in [0.29, 0.717) is 17.7 Å². The number of nitrogens with zero attached hydrogens (tertiary/aromatic N) is 1. The highest BCUT2D eigenvalue weighted by Gasteiger charge is 2.36. The average Bonchev–Trinajstić information content (AvgIpc) is 3.21. The molecule has 4 aromatic carbocycles. The van der Waals surface area contributed by atoms with Gasteiger partial charge in [0.2, 0.25) is 0 Å². The highest BCUT2D eigenvalue weighted by Crippen LogP contribution is 2.50. The van der Waals surface area contributed by atoms with Crippen molar-refractivity contribution < 1.29 is 9.59 Å². The number of imide groups is 1. The lowest BCUT2D eigenvalue weighted by atomic mass is 9.91. The normalized spacial score (nSPS) is 13.8. The fourth-order valence-electron chi connectivity index (χ4n) is 5.89. The Morgan fingerprint density at radius 3 is 1.86 bits per heavy atom. The zero-order chi connectivity index (χ0) is 24.8. The molecule has 0 saturated carbocycles. The van der Waals surface area contributed by atoms with Crippen molar-refractivity contribution in [1.82, 2.24) is 10.4 Å². The summed E-state index contributed by atoms with van der Waals surface area (Å²) in [6, 6.07) is 19.1. The van der Waals surface area contributed by atoms with Crippen LogP contribution in [0.5, 0.6) is 0 Å². The van der Waals surface area contributed by atoms with Crippen LogP contribution in [0.1, 0.15) is 78.7 Å². The molecule has 2 aliphatic rings. The van der Waals surface area contributed by atoms with Gasteiger partial charge in [0, 0.05) is 11.9 Å². The number of rotatable bonds is 9. The fraction of sp³-hybridized carbons (Fsp3) is 0.312. The van der Waals surface area contributed by atoms with Gasteiger partial charge in [0.05, 0.1) is 11.1 Å². The molecule has 0 fully saturated rings. The minimum atomic E-state index is -0.254. The van der Waals surface area contributed by atoms with Crippen LogP contribution in [0, 0.1) is 0 Å². The number of hydrazine groups is 1. The zero-order valence-electron chi connectivity index (χ0n) is 21.1. The van der Waals surface area contributed by atoms with Gasteiger partial charge in [0.25, 0.3) is 11.8 Å². The van der Waals surface area contributed by atoms with Gasteiger partial charge in [-0.25, -0.2) is 10.4 Å². The van der Waals surface area contributed by atoms with Crippen LogP contribution in [-0.4, -0.2) is 23.4 Å². The summed E-state index contributed by atoms with van der Waals surface area (Å²) in [5.74, 6) is -0.508. The molecule has 4 nitrogen and oxygen atoms in total. The summed E-state index contributed by atoms with van der Waals surface area (Å²) in [6.07, 6.45) is 7.99. The van der Waals surface area contributed by atoms with Crippen molar-refractivity contribution >= 4 is 33.4 Å². The first kappa shape index (κ1) is 22.9. The number of benzene rings is 4. The molecule has 1 N–H and O–H groups in total. The van der Waals surface area contributed by atoms with Gasteiger partial charge in [0.1, 0.15) is 0 Å². The second-order valence-electron chi connectivity index (χ2n) is 10.1. The fourth-order valence-corrected chi connectivity index (χ4v) is 5.89. The molecule has 182 valence electrons. The molecule has 0 unspecified atom stereocenters. The third-order valence-electron chi connectivity index (χ3n) is 7.86. The molecule has 1 aliphatic heterocycles. The number of carbonyl (C=O) groups excluding carboxylic acids is 2. The van der Waals surface area contributed by atoms with E-state index in [1.807, 2.05) is 12.1 Å². The van der Waals surface area contributed by atoms with Gasteiger partial charge >= 0.3 is 0 Å². The summed E-state index contributed by atoms with van der Waals surface area (Å²) >= 11 is 0. The van der Waals surface area contributed by atoms with Crippen molar-refractivity contribution in [3.63, 3.8) is 0 Å². The van der Waals surface area contributed by atoms with Gasteiger partial charge < -0.3 is 0 Å². The number of unbranched alkanes of at least 4 members (excludes halogenated alkanes) is 5. The molecule has 1 aliphatic carbocycles. The summed E-state index contributed by atoms with van der Waals surface area (Å²) in [5, 5.41) is 5.49. The monoisotopic (exact) mass is 476 g/mol. The van der Waals surface area contributed by atoms with Crippen LogP contribution < -0.4 is 5.43 Å². The van der Waals surface area contributed by atoms with Gasteiger partial charge in [-0.2, -0.15) is 0 Å². The Kier molecular flexibility index (Phi) is 5.85. The number of hydrogen-bond donors (Lipinski definition) is 1. The second-order valence-corrected chi connectivity index (χ2v) is 10.1. The standard InChI is InChI=1S/C32H32N2O2/c1-3-5-6-7-8-9-16-33-34-31(35)25-14-12-23-27-18-21-11-10-20(4-2)17-22(21)19-28(27)24-13-15-26(32(34)36)30(25)29(23)24/h10-15,17-19,33H,3-9,16H2,1-2H3. The number of fused-ring (bicyclic) bond motifs is 4. The first-order valence-corrected chi connectivity index (χ1v) is 13.4. The molecule has 4 heteroatoms. The van der Waals surface area contributed by atoms with Crippen LogP contribution in [-0.2, 0) is 6.42 Å². The maximum atomic E-state index is 13.4. The van der Waals surface area contributed by atoms with Gasteiger partial charge in [-0.15, -0.1) is 0 Å². The molecule has 1 heterocycles. The number of carbonyl (C=O) groups is 2. The first-order chi connectivity index (χ1) is 17.6. The van der Waals surface area contributed by atoms with Crippen molar-refractivity contribution in [2.24, 2.45) is 0 Å². The lowest BCUT2D eigenvalue weighted by Gasteiger charge is -2.28. The molecule has 36 heavy (non-hydrogen) atoms. The Morgan fingerprint density at radius 2 is 1.19 bits per heavy atom. The predicted molar refractivity (Wildman–Crippen MR) is 147 cm³/mol. The largest absolute Gasteiger partial charge is 0.275 e. The summed E-state index contributed by atoms with van der Waals surface area (Å²) in [5.41, 5.74) is 10.2. The van der Waals surface area contributed by atoms with Crippen LogP contribution in [0.15, 0.2) is 54.6 Å². The van der Waals surface area contributed by atoms with E-state index in [1.165, 1.54) is 58.2 Å². The average molecular weight is 477 g/mol. The molecule has 0 bridgehead atoms. The number of amides is 2. The Bertz CT molecular complexity index is 1510. The Morgan fingerprint density at radius 1 is 0.611 bits per heavy atom. The van der Waals surface area contributed by atoms with E-state index in [9.17, 15) is 9.59 Å². The third-order valence-corrected chi connectivity index (χ3v) is 7.86. The number of nitrogens with one attached hydrogen (secondary N) is 1. The number of aryl methyl sites for hydroxylation is 1. The molecule has 0 saturated heterocycles. The van der Waals surface area contributed by atoms with E-state index in [2.05, 4.69) is 61.7 Å². The summed E-state index contributed by atoms with van der Waals surface area (Å²) in [6.45, 7) is 5.01.